The number of aliphatic hydroxyl groups excluding tert-OH is 1. The topological polar surface area (TPSA) is 35.5 Å². The summed E-state index contributed by atoms with van der Waals surface area (Å²) in [5.74, 6) is 0. The molecule has 1 saturated carbocycles. The molecule has 0 spiro atoms. The van der Waals surface area contributed by atoms with Gasteiger partial charge in [-0.05, 0) is 59.4 Å². The van der Waals surface area contributed by atoms with Crippen molar-refractivity contribution in [1.82, 2.24) is 10.2 Å². The van der Waals surface area contributed by atoms with Crippen molar-refractivity contribution in [1.29, 1.82) is 0 Å². The number of rotatable bonds is 7. The van der Waals surface area contributed by atoms with E-state index in [0.717, 1.165) is 26.1 Å². The van der Waals surface area contributed by atoms with Crippen LogP contribution in [-0.4, -0.2) is 48.3 Å². The summed E-state index contributed by atoms with van der Waals surface area (Å²) < 4.78 is 0. The molecule has 0 heterocycles. The summed E-state index contributed by atoms with van der Waals surface area (Å²) in [4.78, 5) is 2.41. The van der Waals surface area contributed by atoms with Crippen molar-refractivity contribution in [2.24, 2.45) is 5.41 Å². The second kappa shape index (κ2) is 7.05. The lowest BCUT2D eigenvalue weighted by Gasteiger charge is -2.36. The summed E-state index contributed by atoms with van der Waals surface area (Å²) in [7, 11) is 2.19. The molecule has 0 aromatic carbocycles. The Balaban J connectivity index is 2.47. The van der Waals surface area contributed by atoms with Crippen LogP contribution in [0, 0.1) is 5.41 Å². The Kier molecular flexibility index (Phi) is 6.28. The fourth-order valence-corrected chi connectivity index (χ4v) is 3.03. The monoisotopic (exact) mass is 270 g/mol. The Morgan fingerprint density at radius 3 is 2.32 bits per heavy atom. The Bertz CT molecular complexity index is 252. The number of aliphatic hydroxyl groups is 1. The number of hydrogen-bond acceptors (Lipinski definition) is 3. The van der Waals surface area contributed by atoms with Gasteiger partial charge in [0.15, 0.2) is 0 Å². The Hall–Kier alpha value is -0.120. The minimum absolute atomic E-state index is 0.185. The quantitative estimate of drug-likeness (QED) is 0.746. The van der Waals surface area contributed by atoms with Gasteiger partial charge in [0.05, 0.1) is 6.10 Å². The van der Waals surface area contributed by atoms with Crippen LogP contribution >= 0.6 is 0 Å². The third-order valence-corrected chi connectivity index (χ3v) is 4.19. The third kappa shape index (κ3) is 6.73. The largest absolute Gasteiger partial charge is 0.393 e. The lowest BCUT2D eigenvalue weighted by molar-refractivity contribution is 0.129. The molecular weight excluding hydrogens is 236 g/mol. The van der Waals surface area contributed by atoms with Crippen LogP contribution in [-0.2, 0) is 0 Å². The van der Waals surface area contributed by atoms with Gasteiger partial charge < -0.3 is 15.3 Å². The molecule has 1 unspecified atom stereocenters. The van der Waals surface area contributed by atoms with Crippen LogP contribution in [0.15, 0.2) is 0 Å². The van der Waals surface area contributed by atoms with Crippen molar-refractivity contribution in [3.63, 3.8) is 0 Å². The van der Waals surface area contributed by atoms with Crippen LogP contribution in [0.25, 0.3) is 0 Å². The van der Waals surface area contributed by atoms with E-state index in [9.17, 15) is 5.11 Å². The molecule has 1 aliphatic rings. The average molecular weight is 270 g/mol. The second-order valence-electron chi connectivity index (χ2n) is 7.69. The first-order valence-electron chi connectivity index (χ1n) is 7.84. The van der Waals surface area contributed by atoms with E-state index in [0.29, 0.717) is 5.41 Å². The Morgan fingerprint density at radius 1 is 1.26 bits per heavy atom. The maximum atomic E-state index is 9.40. The molecule has 3 heteroatoms. The normalized spacial score (nSPS) is 21.0. The van der Waals surface area contributed by atoms with E-state index in [4.69, 9.17) is 0 Å². The standard InChI is InChI=1S/C16H34N2O/c1-14(19)8-11-18(5)13-16(9-6-7-10-16)12-17-15(2,3)4/h14,17,19H,6-13H2,1-5H3. The first kappa shape index (κ1) is 16.9. The Morgan fingerprint density at radius 2 is 1.84 bits per heavy atom. The molecule has 0 aliphatic heterocycles. The van der Waals surface area contributed by atoms with E-state index in [1.54, 1.807) is 0 Å². The summed E-state index contributed by atoms with van der Waals surface area (Å²) in [5, 5.41) is 13.1. The van der Waals surface area contributed by atoms with Gasteiger partial charge in [0.25, 0.3) is 0 Å². The fraction of sp³-hybridized carbons (Fsp3) is 1.00. The van der Waals surface area contributed by atoms with Crippen molar-refractivity contribution in [2.75, 3.05) is 26.7 Å². The van der Waals surface area contributed by atoms with Gasteiger partial charge in [-0.25, -0.2) is 0 Å². The number of nitrogens with one attached hydrogen (secondary N) is 1. The van der Waals surface area contributed by atoms with Crippen molar-refractivity contribution < 1.29 is 5.11 Å². The van der Waals surface area contributed by atoms with Gasteiger partial charge in [0, 0.05) is 25.2 Å². The summed E-state index contributed by atoms with van der Waals surface area (Å²) in [6.45, 7) is 11.9. The van der Waals surface area contributed by atoms with E-state index in [2.05, 4.69) is 38.0 Å². The molecule has 1 aliphatic carbocycles. The lowest BCUT2D eigenvalue weighted by atomic mass is 9.84. The zero-order valence-electron chi connectivity index (χ0n) is 13.6. The highest BCUT2D eigenvalue weighted by Crippen LogP contribution is 2.38. The number of hydrogen-bond donors (Lipinski definition) is 2. The van der Waals surface area contributed by atoms with Crippen molar-refractivity contribution >= 4 is 0 Å². The molecule has 1 atom stereocenters. The van der Waals surface area contributed by atoms with Crippen molar-refractivity contribution in [3.05, 3.63) is 0 Å². The van der Waals surface area contributed by atoms with Crippen LogP contribution in [0.4, 0.5) is 0 Å². The summed E-state index contributed by atoms with van der Waals surface area (Å²) in [5.41, 5.74) is 0.647. The zero-order chi connectivity index (χ0) is 14.5. The molecule has 3 nitrogen and oxygen atoms in total. The van der Waals surface area contributed by atoms with Gasteiger partial charge in [-0.15, -0.1) is 0 Å². The van der Waals surface area contributed by atoms with E-state index >= 15 is 0 Å². The van der Waals surface area contributed by atoms with E-state index in [1.165, 1.54) is 25.7 Å². The predicted octanol–water partition coefficient (Wildman–Crippen LogP) is 2.64. The SMILES string of the molecule is CC(O)CCN(C)CC1(CNC(C)(C)C)CCCC1. The predicted molar refractivity (Wildman–Crippen MR) is 82.5 cm³/mol. The van der Waals surface area contributed by atoms with Gasteiger partial charge in [-0.1, -0.05) is 12.8 Å². The third-order valence-electron chi connectivity index (χ3n) is 4.19. The zero-order valence-corrected chi connectivity index (χ0v) is 13.6. The molecule has 1 rings (SSSR count). The van der Waals surface area contributed by atoms with Gasteiger partial charge >= 0.3 is 0 Å². The van der Waals surface area contributed by atoms with Gasteiger partial charge in [0.2, 0.25) is 0 Å². The molecule has 0 bridgehead atoms. The molecule has 1 fully saturated rings. The summed E-state index contributed by atoms with van der Waals surface area (Å²) in [6, 6.07) is 0. The van der Waals surface area contributed by atoms with Crippen LogP contribution in [0.5, 0.6) is 0 Å². The maximum absolute atomic E-state index is 9.40. The minimum Gasteiger partial charge on any atom is -0.393 e. The number of nitrogens with zero attached hydrogens (tertiary/aromatic N) is 1. The van der Waals surface area contributed by atoms with Crippen LogP contribution in [0.2, 0.25) is 0 Å². The molecular formula is C16H34N2O. The van der Waals surface area contributed by atoms with Gasteiger partial charge in [-0.2, -0.15) is 0 Å². The van der Waals surface area contributed by atoms with Crippen molar-refractivity contribution in [2.45, 2.75) is 71.4 Å². The molecule has 2 N–H and O–H groups in total. The highest BCUT2D eigenvalue weighted by Gasteiger charge is 2.35. The van der Waals surface area contributed by atoms with E-state index < -0.39 is 0 Å². The molecule has 0 saturated heterocycles. The smallest absolute Gasteiger partial charge is 0.0524 e. The summed E-state index contributed by atoms with van der Waals surface area (Å²) in [6.07, 6.45) is 6.12. The highest BCUT2D eigenvalue weighted by molar-refractivity contribution is 4.90. The second-order valence-corrected chi connectivity index (χ2v) is 7.69. The molecule has 0 aromatic heterocycles. The van der Waals surface area contributed by atoms with Crippen LogP contribution < -0.4 is 5.32 Å². The van der Waals surface area contributed by atoms with Crippen molar-refractivity contribution in [3.8, 4) is 0 Å². The first-order valence-corrected chi connectivity index (χ1v) is 7.84. The molecule has 0 radical (unpaired) electrons. The fourth-order valence-electron chi connectivity index (χ4n) is 3.03. The molecule has 19 heavy (non-hydrogen) atoms. The van der Waals surface area contributed by atoms with E-state index in [1.807, 2.05) is 6.92 Å². The molecule has 114 valence electrons. The summed E-state index contributed by atoms with van der Waals surface area (Å²) >= 11 is 0. The molecule has 0 aromatic rings. The Labute approximate surface area is 119 Å². The average Bonchev–Trinajstić information content (AvgIpc) is 2.72. The van der Waals surface area contributed by atoms with Crippen LogP contribution in [0.1, 0.15) is 59.8 Å². The minimum atomic E-state index is -0.185. The first-order chi connectivity index (χ1) is 8.72. The molecule has 0 amide bonds. The van der Waals surface area contributed by atoms with E-state index in [-0.39, 0.29) is 11.6 Å². The highest BCUT2D eigenvalue weighted by atomic mass is 16.3. The lowest BCUT2D eigenvalue weighted by Crippen LogP contribution is -2.47. The maximum Gasteiger partial charge on any atom is 0.0524 e. The van der Waals surface area contributed by atoms with Gasteiger partial charge in [-0.3, -0.25) is 0 Å². The van der Waals surface area contributed by atoms with Crippen LogP contribution in [0.3, 0.4) is 0 Å². The van der Waals surface area contributed by atoms with Gasteiger partial charge in [0.1, 0.15) is 0 Å².